The van der Waals surface area contributed by atoms with Gasteiger partial charge >= 0.3 is 0 Å². The SMILES string of the molecule is COc1cccc(SC[C@H](C)CNC2COc3ccccc3SC2)c1OC. The summed E-state index contributed by atoms with van der Waals surface area (Å²) in [7, 11) is 3.36. The number of ether oxygens (including phenoxy) is 3. The summed E-state index contributed by atoms with van der Waals surface area (Å²) in [4.78, 5) is 2.35. The second-order valence-electron chi connectivity index (χ2n) is 6.58. The largest absolute Gasteiger partial charge is 0.493 e. The zero-order valence-corrected chi connectivity index (χ0v) is 17.7. The van der Waals surface area contributed by atoms with E-state index in [1.54, 1.807) is 14.2 Å². The average molecular weight is 406 g/mol. The van der Waals surface area contributed by atoms with E-state index in [1.165, 1.54) is 4.90 Å². The lowest BCUT2D eigenvalue weighted by molar-refractivity contribution is 0.270. The van der Waals surface area contributed by atoms with Crippen LogP contribution in [0.2, 0.25) is 0 Å². The molecule has 3 rings (SSSR count). The smallest absolute Gasteiger partial charge is 0.174 e. The predicted octanol–water partition coefficient (Wildman–Crippen LogP) is 4.57. The summed E-state index contributed by atoms with van der Waals surface area (Å²) in [5.74, 6) is 5.16. The van der Waals surface area contributed by atoms with E-state index in [4.69, 9.17) is 14.2 Å². The van der Waals surface area contributed by atoms with E-state index in [9.17, 15) is 0 Å². The van der Waals surface area contributed by atoms with Gasteiger partial charge in [0.15, 0.2) is 11.5 Å². The molecule has 1 N–H and O–H groups in total. The fourth-order valence-corrected chi connectivity index (χ4v) is 4.98. The summed E-state index contributed by atoms with van der Waals surface area (Å²) in [6.45, 7) is 3.95. The molecule has 1 aliphatic rings. The van der Waals surface area contributed by atoms with Crippen molar-refractivity contribution in [1.82, 2.24) is 5.32 Å². The number of para-hydroxylation sites is 2. The zero-order valence-electron chi connectivity index (χ0n) is 16.1. The molecule has 2 atom stereocenters. The summed E-state index contributed by atoms with van der Waals surface area (Å²) < 4.78 is 16.9. The minimum Gasteiger partial charge on any atom is -0.493 e. The first-order valence-corrected chi connectivity index (χ1v) is 11.1. The number of thioether (sulfide) groups is 2. The molecule has 0 amide bonds. The molecular formula is C21H27NO3S2. The minimum absolute atomic E-state index is 0.362. The molecule has 0 spiro atoms. The monoisotopic (exact) mass is 405 g/mol. The summed E-state index contributed by atoms with van der Waals surface area (Å²) in [6, 6.07) is 14.6. The molecule has 0 radical (unpaired) electrons. The second kappa shape index (κ2) is 10.2. The summed E-state index contributed by atoms with van der Waals surface area (Å²) in [5.41, 5.74) is 0. The topological polar surface area (TPSA) is 39.7 Å². The van der Waals surface area contributed by atoms with Crippen LogP contribution in [0.25, 0.3) is 0 Å². The van der Waals surface area contributed by atoms with E-state index in [0.717, 1.165) is 40.2 Å². The van der Waals surface area contributed by atoms with E-state index < -0.39 is 0 Å². The molecule has 2 aromatic carbocycles. The van der Waals surface area contributed by atoms with Crippen LogP contribution in [0.3, 0.4) is 0 Å². The average Bonchev–Trinajstić information content (AvgIpc) is 2.92. The highest BCUT2D eigenvalue weighted by Crippen LogP contribution is 2.38. The van der Waals surface area contributed by atoms with Gasteiger partial charge in [0.25, 0.3) is 0 Å². The first kappa shape index (κ1) is 20.2. The van der Waals surface area contributed by atoms with Gasteiger partial charge < -0.3 is 19.5 Å². The Hall–Kier alpha value is -1.50. The van der Waals surface area contributed by atoms with Gasteiger partial charge in [0.2, 0.25) is 0 Å². The van der Waals surface area contributed by atoms with Crippen LogP contribution in [-0.4, -0.2) is 44.9 Å². The van der Waals surface area contributed by atoms with Crippen LogP contribution in [0.5, 0.6) is 17.2 Å². The van der Waals surface area contributed by atoms with Crippen molar-refractivity contribution in [3.8, 4) is 17.2 Å². The molecule has 1 aliphatic heterocycles. The van der Waals surface area contributed by atoms with Crippen molar-refractivity contribution in [2.24, 2.45) is 5.92 Å². The summed E-state index contributed by atoms with van der Waals surface area (Å²) in [6.07, 6.45) is 0. The third-order valence-electron chi connectivity index (χ3n) is 4.37. The van der Waals surface area contributed by atoms with Gasteiger partial charge in [0.1, 0.15) is 12.4 Å². The van der Waals surface area contributed by atoms with Crippen LogP contribution in [0, 0.1) is 5.92 Å². The molecule has 0 bridgehead atoms. The highest BCUT2D eigenvalue weighted by Gasteiger charge is 2.18. The Morgan fingerprint density at radius 1 is 1.19 bits per heavy atom. The van der Waals surface area contributed by atoms with Crippen LogP contribution < -0.4 is 19.5 Å². The molecule has 1 heterocycles. The Bertz CT molecular complexity index is 714. The molecular weight excluding hydrogens is 378 g/mol. The van der Waals surface area contributed by atoms with Crippen molar-refractivity contribution >= 4 is 23.5 Å². The Kier molecular flexibility index (Phi) is 7.61. The normalized spacial score (nSPS) is 17.4. The van der Waals surface area contributed by atoms with Crippen LogP contribution in [-0.2, 0) is 0 Å². The van der Waals surface area contributed by atoms with Crippen molar-refractivity contribution < 1.29 is 14.2 Å². The van der Waals surface area contributed by atoms with Crippen molar-refractivity contribution in [3.05, 3.63) is 42.5 Å². The molecule has 146 valence electrons. The lowest BCUT2D eigenvalue weighted by Crippen LogP contribution is -2.39. The number of fused-ring (bicyclic) bond motifs is 1. The van der Waals surface area contributed by atoms with Crippen molar-refractivity contribution in [2.75, 3.05) is 38.9 Å². The van der Waals surface area contributed by atoms with Crippen molar-refractivity contribution in [2.45, 2.75) is 22.8 Å². The Morgan fingerprint density at radius 2 is 2.04 bits per heavy atom. The number of hydrogen-bond donors (Lipinski definition) is 1. The van der Waals surface area contributed by atoms with Crippen LogP contribution in [0.4, 0.5) is 0 Å². The third-order valence-corrected chi connectivity index (χ3v) is 6.96. The fourth-order valence-electron chi connectivity index (χ4n) is 2.87. The molecule has 0 aliphatic carbocycles. The standard InChI is InChI=1S/C21H27NO3S2/c1-15(13-26-20-10-6-8-18(23-2)21(20)24-3)11-22-16-12-25-17-7-4-5-9-19(17)27-14-16/h4-10,15-16,22H,11-14H2,1-3H3/t15-,16?/m1/s1. The number of rotatable bonds is 8. The minimum atomic E-state index is 0.362. The number of nitrogens with one attached hydrogen (secondary N) is 1. The molecule has 4 nitrogen and oxygen atoms in total. The second-order valence-corrected chi connectivity index (χ2v) is 8.71. The van der Waals surface area contributed by atoms with Gasteiger partial charge in [-0.05, 0) is 36.7 Å². The van der Waals surface area contributed by atoms with Gasteiger partial charge in [-0.3, -0.25) is 0 Å². The van der Waals surface area contributed by atoms with Crippen molar-refractivity contribution in [1.29, 1.82) is 0 Å². The van der Waals surface area contributed by atoms with Crippen LogP contribution >= 0.6 is 23.5 Å². The van der Waals surface area contributed by atoms with E-state index in [2.05, 4.69) is 30.4 Å². The van der Waals surface area contributed by atoms with Crippen LogP contribution in [0.15, 0.2) is 52.3 Å². The molecule has 1 unspecified atom stereocenters. The van der Waals surface area contributed by atoms with E-state index in [-0.39, 0.29) is 0 Å². The summed E-state index contributed by atoms with van der Waals surface area (Å²) >= 11 is 3.67. The lowest BCUT2D eigenvalue weighted by Gasteiger charge is -2.19. The molecule has 0 aromatic heterocycles. The maximum absolute atomic E-state index is 5.96. The number of benzene rings is 2. The molecule has 0 saturated heterocycles. The van der Waals surface area contributed by atoms with Gasteiger partial charge in [-0.1, -0.05) is 25.1 Å². The predicted molar refractivity (Wildman–Crippen MR) is 114 cm³/mol. The quantitative estimate of drug-likeness (QED) is 0.649. The first-order valence-electron chi connectivity index (χ1n) is 9.13. The van der Waals surface area contributed by atoms with Crippen molar-refractivity contribution in [3.63, 3.8) is 0 Å². The Morgan fingerprint density at radius 3 is 2.85 bits per heavy atom. The number of hydrogen-bond acceptors (Lipinski definition) is 6. The number of methoxy groups -OCH3 is 2. The van der Waals surface area contributed by atoms with Gasteiger partial charge in [-0.2, -0.15) is 0 Å². The van der Waals surface area contributed by atoms with E-state index in [1.807, 2.05) is 47.8 Å². The molecule has 6 heteroatoms. The van der Waals surface area contributed by atoms with Crippen LogP contribution in [0.1, 0.15) is 6.92 Å². The highest BCUT2D eigenvalue weighted by atomic mass is 32.2. The van der Waals surface area contributed by atoms with E-state index in [0.29, 0.717) is 18.6 Å². The third kappa shape index (κ3) is 5.50. The zero-order chi connectivity index (χ0) is 19.1. The highest BCUT2D eigenvalue weighted by molar-refractivity contribution is 7.99. The van der Waals surface area contributed by atoms with Gasteiger partial charge in [-0.25, -0.2) is 0 Å². The Balaban J connectivity index is 1.46. The van der Waals surface area contributed by atoms with E-state index >= 15 is 0 Å². The molecule has 0 saturated carbocycles. The fraction of sp³-hybridized carbons (Fsp3) is 0.429. The maximum atomic E-state index is 5.96. The lowest BCUT2D eigenvalue weighted by atomic mass is 10.2. The molecule has 2 aromatic rings. The molecule has 0 fully saturated rings. The molecule has 27 heavy (non-hydrogen) atoms. The summed E-state index contributed by atoms with van der Waals surface area (Å²) in [5, 5.41) is 3.67. The Labute approximate surface area is 170 Å². The van der Waals surface area contributed by atoms with Gasteiger partial charge in [0, 0.05) is 16.4 Å². The van der Waals surface area contributed by atoms with Gasteiger partial charge in [0.05, 0.1) is 25.2 Å². The van der Waals surface area contributed by atoms with Gasteiger partial charge in [-0.15, -0.1) is 23.5 Å². The maximum Gasteiger partial charge on any atom is 0.174 e. The first-order chi connectivity index (χ1) is 13.2.